The molecule has 3 heterocycles. The van der Waals surface area contributed by atoms with Gasteiger partial charge in [0.1, 0.15) is 6.04 Å². The van der Waals surface area contributed by atoms with Crippen molar-refractivity contribution in [3.63, 3.8) is 0 Å². The number of imide groups is 1. The summed E-state index contributed by atoms with van der Waals surface area (Å²) in [5.41, 5.74) is 2.99. The van der Waals surface area contributed by atoms with Gasteiger partial charge in [-0.2, -0.15) is 0 Å². The van der Waals surface area contributed by atoms with Crippen LogP contribution in [0.15, 0.2) is 48.5 Å². The molecule has 7 heteroatoms. The molecule has 2 aliphatic rings. The number of hydrogen-bond acceptors (Lipinski definition) is 3. The van der Waals surface area contributed by atoms with E-state index in [2.05, 4.69) is 4.98 Å². The van der Waals surface area contributed by atoms with Crippen molar-refractivity contribution in [2.75, 3.05) is 4.90 Å². The van der Waals surface area contributed by atoms with E-state index in [4.69, 9.17) is 0 Å². The number of carbonyl (C=O) groups is 3. The third-order valence-corrected chi connectivity index (χ3v) is 5.71. The first-order chi connectivity index (χ1) is 13.5. The number of carboxylic acid groups (broad SMARTS) is 1. The van der Waals surface area contributed by atoms with Crippen molar-refractivity contribution in [1.29, 1.82) is 0 Å². The first-order valence-corrected chi connectivity index (χ1v) is 9.07. The van der Waals surface area contributed by atoms with Crippen LogP contribution in [0, 0.1) is 0 Å². The Bertz CT molecular complexity index is 1170. The van der Waals surface area contributed by atoms with Gasteiger partial charge in [-0.3, -0.25) is 4.79 Å². The second-order valence-electron chi connectivity index (χ2n) is 7.14. The van der Waals surface area contributed by atoms with Crippen molar-refractivity contribution in [3.05, 3.63) is 65.4 Å². The first kappa shape index (κ1) is 16.6. The summed E-state index contributed by atoms with van der Waals surface area (Å²) >= 11 is 0. The minimum atomic E-state index is -1.18. The zero-order valence-electron chi connectivity index (χ0n) is 15.0. The highest BCUT2D eigenvalue weighted by atomic mass is 16.4. The van der Waals surface area contributed by atoms with Crippen LogP contribution in [0.5, 0.6) is 0 Å². The van der Waals surface area contributed by atoms with Gasteiger partial charge in [-0.15, -0.1) is 0 Å². The van der Waals surface area contributed by atoms with E-state index in [9.17, 15) is 19.5 Å². The quantitative estimate of drug-likeness (QED) is 0.672. The predicted molar refractivity (Wildman–Crippen MR) is 102 cm³/mol. The number of aromatic amines is 1. The number of benzene rings is 2. The summed E-state index contributed by atoms with van der Waals surface area (Å²) in [4.78, 5) is 43.9. The zero-order chi connectivity index (χ0) is 19.6. The maximum atomic E-state index is 13.2. The molecule has 2 N–H and O–H groups in total. The van der Waals surface area contributed by atoms with Gasteiger partial charge >= 0.3 is 12.0 Å². The SMILES string of the molecule is C[C@@H]1c2[nH]c3ccccc3c2C[C@@H]2C(=O)N(c3ccccc3C(=O)O)C(=O)N21. The Hall–Kier alpha value is -3.61. The highest BCUT2D eigenvalue weighted by Gasteiger charge is 2.52. The lowest BCUT2D eigenvalue weighted by molar-refractivity contribution is -0.120. The second kappa shape index (κ2) is 5.69. The van der Waals surface area contributed by atoms with Crippen molar-refractivity contribution in [2.24, 2.45) is 0 Å². The third-order valence-electron chi connectivity index (χ3n) is 5.71. The van der Waals surface area contributed by atoms with Crippen molar-refractivity contribution in [1.82, 2.24) is 9.88 Å². The number of H-pyrrole nitrogens is 1. The molecular formula is C21H17N3O4. The molecule has 0 aliphatic carbocycles. The molecule has 0 bridgehead atoms. The van der Waals surface area contributed by atoms with Gasteiger partial charge in [0.2, 0.25) is 0 Å². The third kappa shape index (κ3) is 2.07. The Morgan fingerprint density at radius 1 is 1.11 bits per heavy atom. The molecule has 140 valence electrons. The van der Waals surface area contributed by atoms with Crippen LogP contribution in [0.2, 0.25) is 0 Å². The number of hydrogen-bond donors (Lipinski definition) is 2. The molecule has 2 atom stereocenters. The Labute approximate surface area is 160 Å². The van der Waals surface area contributed by atoms with E-state index in [1.807, 2.05) is 31.2 Å². The van der Waals surface area contributed by atoms with Gasteiger partial charge in [-0.05, 0) is 30.7 Å². The van der Waals surface area contributed by atoms with Gasteiger partial charge in [-0.1, -0.05) is 30.3 Å². The predicted octanol–water partition coefficient (Wildman–Crippen LogP) is 3.32. The molecule has 3 aromatic rings. The van der Waals surface area contributed by atoms with Crippen molar-refractivity contribution in [3.8, 4) is 0 Å². The van der Waals surface area contributed by atoms with Gasteiger partial charge in [-0.25, -0.2) is 14.5 Å². The number of urea groups is 1. The number of aromatic carboxylic acids is 1. The van der Waals surface area contributed by atoms with Crippen molar-refractivity contribution >= 4 is 34.5 Å². The van der Waals surface area contributed by atoms with Gasteiger partial charge in [0.25, 0.3) is 5.91 Å². The average molecular weight is 375 g/mol. The summed E-state index contributed by atoms with van der Waals surface area (Å²) in [6.07, 6.45) is 0.403. The monoisotopic (exact) mass is 375 g/mol. The number of carboxylic acids is 1. The molecule has 7 nitrogen and oxygen atoms in total. The molecule has 0 saturated carbocycles. The van der Waals surface area contributed by atoms with Crippen LogP contribution >= 0.6 is 0 Å². The molecule has 1 aromatic heterocycles. The molecule has 0 spiro atoms. The smallest absolute Gasteiger partial charge is 0.337 e. The zero-order valence-corrected chi connectivity index (χ0v) is 15.0. The van der Waals surface area contributed by atoms with E-state index in [1.165, 1.54) is 12.1 Å². The molecular weight excluding hydrogens is 358 g/mol. The summed E-state index contributed by atoms with van der Waals surface area (Å²) < 4.78 is 0. The average Bonchev–Trinajstić information content (AvgIpc) is 3.18. The van der Waals surface area contributed by atoms with E-state index >= 15 is 0 Å². The molecule has 1 saturated heterocycles. The summed E-state index contributed by atoms with van der Waals surface area (Å²) in [5, 5.41) is 10.5. The minimum Gasteiger partial charge on any atom is -0.478 e. The van der Waals surface area contributed by atoms with Gasteiger partial charge < -0.3 is 15.0 Å². The summed E-state index contributed by atoms with van der Waals surface area (Å²) in [7, 11) is 0. The number of anilines is 1. The highest BCUT2D eigenvalue weighted by Crippen LogP contribution is 2.42. The van der Waals surface area contributed by atoms with Crippen LogP contribution < -0.4 is 4.90 Å². The van der Waals surface area contributed by atoms with Gasteiger partial charge in [0.15, 0.2) is 0 Å². The fourth-order valence-corrected chi connectivity index (χ4v) is 4.43. The number of carbonyl (C=O) groups excluding carboxylic acids is 2. The fraction of sp³-hybridized carbons (Fsp3) is 0.190. The molecule has 3 amide bonds. The van der Waals surface area contributed by atoms with Gasteiger partial charge in [0, 0.05) is 23.0 Å². The second-order valence-corrected chi connectivity index (χ2v) is 7.14. The van der Waals surface area contributed by atoms with Crippen LogP contribution in [0.4, 0.5) is 10.5 Å². The van der Waals surface area contributed by atoms with Crippen LogP contribution in [-0.2, 0) is 11.2 Å². The number of aromatic nitrogens is 1. The lowest BCUT2D eigenvalue weighted by atomic mass is 9.93. The van der Waals surface area contributed by atoms with Gasteiger partial charge in [0.05, 0.1) is 17.3 Å². The van der Waals surface area contributed by atoms with Crippen LogP contribution in [0.3, 0.4) is 0 Å². The number of amides is 3. The Morgan fingerprint density at radius 2 is 1.82 bits per heavy atom. The number of para-hydroxylation sites is 2. The van der Waals surface area contributed by atoms with E-state index in [0.717, 1.165) is 27.1 Å². The molecule has 1 fully saturated rings. The molecule has 2 aromatic carbocycles. The van der Waals surface area contributed by atoms with Crippen molar-refractivity contribution < 1.29 is 19.5 Å². The number of nitrogens with zero attached hydrogens (tertiary/aromatic N) is 2. The van der Waals surface area contributed by atoms with E-state index in [1.54, 1.807) is 17.0 Å². The highest BCUT2D eigenvalue weighted by molar-refractivity contribution is 6.23. The van der Waals surface area contributed by atoms with E-state index in [-0.39, 0.29) is 23.2 Å². The lowest BCUT2D eigenvalue weighted by Gasteiger charge is -2.33. The van der Waals surface area contributed by atoms with Crippen molar-refractivity contribution in [2.45, 2.75) is 25.4 Å². The largest absolute Gasteiger partial charge is 0.478 e. The summed E-state index contributed by atoms with van der Waals surface area (Å²) in [6.45, 7) is 1.89. The standard InChI is InChI=1S/C21H17N3O4/c1-11-18-14(12-6-2-4-8-15(12)22-18)10-17-19(25)24(21(28)23(11)17)16-9-5-3-7-13(16)20(26)27/h2-9,11,17,22H,10H2,1H3,(H,26,27)/t11-,17-/m1/s1. The molecule has 0 radical (unpaired) electrons. The van der Waals surface area contributed by atoms with E-state index in [0.29, 0.717) is 6.42 Å². The lowest BCUT2D eigenvalue weighted by Crippen LogP contribution is -2.42. The minimum absolute atomic E-state index is 0.0688. The maximum Gasteiger partial charge on any atom is 0.337 e. The normalized spacial score (nSPS) is 21.2. The van der Waals surface area contributed by atoms with Crippen LogP contribution in [0.25, 0.3) is 10.9 Å². The topological polar surface area (TPSA) is 93.7 Å². The number of fused-ring (bicyclic) bond motifs is 4. The fourth-order valence-electron chi connectivity index (χ4n) is 4.43. The first-order valence-electron chi connectivity index (χ1n) is 9.07. The number of nitrogens with one attached hydrogen (secondary N) is 1. The number of rotatable bonds is 2. The van der Waals surface area contributed by atoms with E-state index < -0.39 is 18.0 Å². The molecule has 2 aliphatic heterocycles. The molecule has 5 rings (SSSR count). The molecule has 0 unspecified atom stereocenters. The maximum absolute atomic E-state index is 13.2. The Kier molecular flexibility index (Phi) is 3.37. The summed E-state index contributed by atoms with van der Waals surface area (Å²) in [6, 6.07) is 12.5. The van der Waals surface area contributed by atoms with Crippen LogP contribution in [0.1, 0.15) is 34.6 Å². The Balaban J connectivity index is 1.62. The Morgan fingerprint density at radius 3 is 2.61 bits per heavy atom. The molecule has 28 heavy (non-hydrogen) atoms. The summed E-state index contributed by atoms with van der Waals surface area (Å²) in [5.74, 6) is -1.56. The van der Waals surface area contributed by atoms with Crippen LogP contribution in [-0.4, -0.2) is 38.9 Å².